The van der Waals surface area contributed by atoms with Crippen molar-refractivity contribution in [3.63, 3.8) is 0 Å². The minimum atomic E-state index is -4.43. The second-order valence-corrected chi connectivity index (χ2v) is 7.21. The van der Waals surface area contributed by atoms with Crippen LogP contribution in [0.5, 0.6) is 0 Å². The summed E-state index contributed by atoms with van der Waals surface area (Å²) >= 11 is 0. The summed E-state index contributed by atoms with van der Waals surface area (Å²) in [5.74, 6) is 0.274. The molecule has 0 atom stereocenters. The number of furan rings is 1. The molecule has 144 valence electrons. The lowest BCUT2D eigenvalue weighted by atomic mass is 10.0. The van der Waals surface area contributed by atoms with Crippen LogP contribution in [0, 0.1) is 0 Å². The van der Waals surface area contributed by atoms with Crippen molar-refractivity contribution in [3.8, 4) is 0 Å². The fraction of sp³-hybridized carbons (Fsp3) is 0.217. The van der Waals surface area contributed by atoms with Crippen molar-refractivity contribution in [2.24, 2.45) is 0 Å². The number of halogens is 3. The zero-order valence-electron chi connectivity index (χ0n) is 15.8. The van der Waals surface area contributed by atoms with Gasteiger partial charge in [-0.05, 0) is 29.7 Å². The van der Waals surface area contributed by atoms with Crippen molar-refractivity contribution >= 4 is 33.3 Å². The third-order valence-corrected chi connectivity index (χ3v) is 5.09. The van der Waals surface area contributed by atoms with Crippen LogP contribution >= 0.6 is 0 Å². The van der Waals surface area contributed by atoms with Crippen LogP contribution in [-0.4, -0.2) is 7.05 Å². The number of anilines is 2. The number of alkyl halides is 3. The smallest absolute Gasteiger partial charge is 0.418 e. The Hall–Kier alpha value is -2.95. The van der Waals surface area contributed by atoms with Gasteiger partial charge in [-0.1, -0.05) is 56.3 Å². The van der Waals surface area contributed by atoms with Crippen molar-refractivity contribution in [1.82, 2.24) is 0 Å². The second-order valence-electron chi connectivity index (χ2n) is 7.21. The average Bonchev–Trinajstić information content (AvgIpc) is 3.05. The van der Waals surface area contributed by atoms with E-state index in [4.69, 9.17) is 4.42 Å². The lowest BCUT2D eigenvalue weighted by Gasteiger charge is -2.23. The van der Waals surface area contributed by atoms with E-state index < -0.39 is 11.7 Å². The summed E-state index contributed by atoms with van der Waals surface area (Å²) in [4.78, 5) is 1.54. The van der Waals surface area contributed by atoms with Gasteiger partial charge in [0.1, 0.15) is 5.58 Å². The fourth-order valence-corrected chi connectivity index (χ4v) is 3.68. The minimum Gasteiger partial charge on any atom is -0.454 e. The minimum absolute atomic E-state index is 0.0899. The molecule has 0 aliphatic carbocycles. The highest BCUT2D eigenvalue weighted by Gasteiger charge is 2.34. The fourth-order valence-electron chi connectivity index (χ4n) is 3.68. The molecule has 0 aliphatic heterocycles. The Morgan fingerprint density at radius 1 is 0.786 bits per heavy atom. The van der Waals surface area contributed by atoms with Gasteiger partial charge in [0.05, 0.1) is 16.9 Å². The standard InChI is InChI=1S/C23H20F3NO/c1-14(2)15-8-6-9-16-17-10-7-13-20(22(17)28-21(15)16)27(3)19-12-5-4-11-18(19)23(24,25)26/h4-14H,1-3H3. The van der Waals surface area contributed by atoms with Gasteiger partial charge in [-0.15, -0.1) is 0 Å². The molecule has 0 bridgehead atoms. The summed E-state index contributed by atoms with van der Waals surface area (Å²) < 4.78 is 46.7. The summed E-state index contributed by atoms with van der Waals surface area (Å²) in [7, 11) is 1.63. The van der Waals surface area contributed by atoms with Gasteiger partial charge in [0, 0.05) is 17.8 Å². The first kappa shape index (κ1) is 18.4. The molecule has 0 aliphatic rings. The maximum Gasteiger partial charge on any atom is 0.418 e. The van der Waals surface area contributed by atoms with Crippen LogP contribution in [-0.2, 0) is 6.18 Å². The first-order valence-electron chi connectivity index (χ1n) is 9.13. The number of nitrogens with zero attached hydrogens (tertiary/aromatic N) is 1. The Morgan fingerprint density at radius 3 is 2.07 bits per heavy atom. The maximum atomic E-state index is 13.5. The molecule has 3 aromatic carbocycles. The molecule has 4 aromatic rings. The number of hydrogen-bond donors (Lipinski definition) is 0. The summed E-state index contributed by atoms with van der Waals surface area (Å²) in [5.41, 5.74) is 2.47. The van der Waals surface area contributed by atoms with Crippen LogP contribution in [0.3, 0.4) is 0 Å². The van der Waals surface area contributed by atoms with Crippen molar-refractivity contribution < 1.29 is 17.6 Å². The van der Waals surface area contributed by atoms with E-state index in [1.807, 2.05) is 30.3 Å². The van der Waals surface area contributed by atoms with Crippen molar-refractivity contribution in [2.45, 2.75) is 25.9 Å². The molecule has 28 heavy (non-hydrogen) atoms. The largest absolute Gasteiger partial charge is 0.454 e. The highest BCUT2D eigenvalue weighted by molar-refractivity contribution is 6.10. The number of hydrogen-bond acceptors (Lipinski definition) is 2. The van der Waals surface area contributed by atoms with Crippen LogP contribution in [0.2, 0.25) is 0 Å². The molecule has 0 unspecified atom stereocenters. The zero-order chi connectivity index (χ0) is 20.1. The molecule has 5 heteroatoms. The van der Waals surface area contributed by atoms with E-state index in [1.165, 1.54) is 12.1 Å². The third-order valence-electron chi connectivity index (χ3n) is 5.09. The molecule has 0 saturated carbocycles. The molecule has 0 saturated heterocycles. The molecule has 0 N–H and O–H groups in total. The second kappa shape index (κ2) is 6.59. The Morgan fingerprint density at radius 2 is 1.39 bits per heavy atom. The van der Waals surface area contributed by atoms with E-state index in [1.54, 1.807) is 24.1 Å². The van der Waals surface area contributed by atoms with E-state index in [0.717, 1.165) is 28.0 Å². The van der Waals surface area contributed by atoms with Crippen LogP contribution < -0.4 is 4.90 Å². The van der Waals surface area contributed by atoms with Gasteiger partial charge < -0.3 is 9.32 Å². The SMILES string of the molecule is CC(C)c1cccc2c1oc1c(N(C)c3ccccc3C(F)(F)F)cccc12. The van der Waals surface area contributed by atoms with Crippen LogP contribution in [0.4, 0.5) is 24.5 Å². The zero-order valence-corrected chi connectivity index (χ0v) is 15.8. The Bertz CT molecular complexity index is 1160. The van der Waals surface area contributed by atoms with Crippen molar-refractivity contribution in [3.05, 3.63) is 71.8 Å². The molecule has 1 heterocycles. The van der Waals surface area contributed by atoms with Gasteiger partial charge in [-0.3, -0.25) is 0 Å². The number of fused-ring (bicyclic) bond motifs is 3. The molecule has 0 radical (unpaired) electrons. The molecule has 2 nitrogen and oxygen atoms in total. The van der Waals surface area contributed by atoms with Gasteiger partial charge in [0.2, 0.25) is 0 Å². The van der Waals surface area contributed by atoms with E-state index in [9.17, 15) is 13.2 Å². The summed E-state index contributed by atoms with van der Waals surface area (Å²) in [6.07, 6.45) is -4.43. The topological polar surface area (TPSA) is 16.4 Å². The summed E-state index contributed by atoms with van der Waals surface area (Å²) in [6, 6.07) is 17.2. The predicted molar refractivity (Wildman–Crippen MR) is 107 cm³/mol. The third kappa shape index (κ3) is 2.91. The number of para-hydroxylation sites is 3. The highest BCUT2D eigenvalue weighted by Crippen LogP contribution is 2.42. The Labute approximate surface area is 161 Å². The van der Waals surface area contributed by atoms with Crippen LogP contribution in [0.15, 0.2) is 65.1 Å². The number of rotatable bonds is 3. The first-order chi connectivity index (χ1) is 13.3. The maximum absolute atomic E-state index is 13.5. The normalized spacial score (nSPS) is 12.2. The lowest BCUT2D eigenvalue weighted by molar-refractivity contribution is -0.137. The quantitative estimate of drug-likeness (QED) is 0.364. The molecular formula is C23H20F3NO. The van der Waals surface area contributed by atoms with Gasteiger partial charge in [0.25, 0.3) is 0 Å². The monoisotopic (exact) mass is 383 g/mol. The van der Waals surface area contributed by atoms with Crippen molar-refractivity contribution in [1.29, 1.82) is 0 Å². The van der Waals surface area contributed by atoms with Gasteiger partial charge in [-0.25, -0.2) is 0 Å². The lowest BCUT2D eigenvalue weighted by Crippen LogP contribution is -2.16. The molecular weight excluding hydrogens is 363 g/mol. The van der Waals surface area contributed by atoms with E-state index in [-0.39, 0.29) is 11.6 Å². The average molecular weight is 383 g/mol. The van der Waals surface area contributed by atoms with Gasteiger partial charge in [0.15, 0.2) is 5.58 Å². The number of benzene rings is 3. The van der Waals surface area contributed by atoms with Gasteiger partial charge in [-0.2, -0.15) is 13.2 Å². The molecule has 0 amide bonds. The first-order valence-corrected chi connectivity index (χ1v) is 9.13. The van der Waals surface area contributed by atoms with Crippen molar-refractivity contribution in [2.75, 3.05) is 11.9 Å². The summed E-state index contributed by atoms with van der Waals surface area (Å²) in [5, 5.41) is 1.87. The Balaban J connectivity index is 1.96. The predicted octanol–water partition coefficient (Wildman–Crippen LogP) is 7.50. The summed E-state index contributed by atoms with van der Waals surface area (Å²) in [6.45, 7) is 4.18. The van der Waals surface area contributed by atoms with E-state index in [2.05, 4.69) is 13.8 Å². The highest BCUT2D eigenvalue weighted by atomic mass is 19.4. The molecule has 0 spiro atoms. The van der Waals surface area contributed by atoms with E-state index >= 15 is 0 Å². The van der Waals surface area contributed by atoms with Gasteiger partial charge >= 0.3 is 6.18 Å². The molecule has 1 aromatic heterocycles. The van der Waals surface area contributed by atoms with Crippen LogP contribution in [0.1, 0.15) is 30.9 Å². The molecule has 4 rings (SSSR count). The molecule has 0 fully saturated rings. The Kier molecular flexibility index (Phi) is 4.33. The van der Waals surface area contributed by atoms with Crippen LogP contribution in [0.25, 0.3) is 21.9 Å². The van der Waals surface area contributed by atoms with E-state index in [0.29, 0.717) is 11.3 Å².